The zero-order chi connectivity index (χ0) is 16.2. The van der Waals surface area contributed by atoms with E-state index >= 15 is 0 Å². The van der Waals surface area contributed by atoms with Crippen molar-refractivity contribution in [3.63, 3.8) is 0 Å². The van der Waals surface area contributed by atoms with Gasteiger partial charge in [0.15, 0.2) is 5.65 Å². The van der Waals surface area contributed by atoms with Gasteiger partial charge in [-0.1, -0.05) is 0 Å². The number of hydrogen-bond donors (Lipinski definition) is 3. The number of H-pyrrole nitrogens is 1. The van der Waals surface area contributed by atoms with Crippen LogP contribution in [0.4, 0.5) is 10.6 Å². The van der Waals surface area contributed by atoms with Crippen molar-refractivity contribution in [2.45, 2.75) is 32.8 Å². The molecule has 22 heavy (non-hydrogen) atoms. The average molecular weight is 305 g/mol. The summed E-state index contributed by atoms with van der Waals surface area (Å²) in [4.78, 5) is 27.4. The summed E-state index contributed by atoms with van der Waals surface area (Å²) >= 11 is 0. The van der Waals surface area contributed by atoms with Crippen LogP contribution >= 0.6 is 0 Å². The minimum Gasteiger partial charge on any atom is -0.444 e. The van der Waals surface area contributed by atoms with E-state index in [1.807, 2.05) is 0 Å². The number of carbonyl (C=O) groups is 2. The van der Waals surface area contributed by atoms with Crippen LogP contribution in [0.5, 0.6) is 0 Å². The number of aromatic nitrogens is 3. The molecule has 0 aliphatic carbocycles. The Labute approximate surface area is 127 Å². The van der Waals surface area contributed by atoms with Gasteiger partial charge in [0.2, 0.25) is 5.91 Å². The monoisotopic (exact) mass is 305 g/mol. The Morgan fingerprint density at radius 2 is 2.09 bits per heavy atom. The van der Waals surface area contributed by atoms with Gasteiger partial charge < -0.3 is 15.4 Å². The molecule has 0 aliphatic rings. The first-order valence-electron chi connectivity index (χ1n) is 6.90. The van der Waals surface area contributed by atoms with Gasteiger partial charge in [-0.2, -0.15) is 5.10 Å². The predicted octanol–water partition coefficient (Wildman–Crippen LogP) is 1.81. The molecule has 2 amide bonds. The Morgan fingerprint density at radius 3 is 2.82 bits per heavy atom. The summed E-state index contributed by atoms with van der Waals surface area (Å²) in [6.45, 7) is 5.51. The molecule has 0 bridgehead atoms. The number of hydrogen-bond acceptors (Lipinski definition) is 5. The summed E-state index contributed by atoms with van der Waals surface area (Å²) < 4.78 is 5.07. The number of carbonyl (C=O) groups excluding carboxylic acids is 2. The highest BCUT2D eigenvalue weighted by Crippen LogP contribution is 2.12. The van der Waals surface area contributed by atoms with E-state index in [2.05, 4.69) is 25.8 Å². The second-order valence-electron chi connectivity index (χ2n) is 5.73. The van der Waals surface area contributed by atoms with Crippen LogP contribution < -0.4 is 10.6 Å². The lowest BCUT2D eigenvalue weighted by Crippen LogP contribution is -2.34. The van der Waals surface area contributed by atoms with Gasteiger partial charge in [0.05, 0.1) is 6.20 Å². The van der Waals surface area contributed by atoms with Crippen molar-refractivity contribution in [1.82, 2.24) is 20.5 Å². The van der Waals surface area contributed by atoms with Crippen molar-refractivity contribution in [3.8, 4) is 0 Å². The quantitative estimate of drug-likeness (QED) is 0.798. The Hall–Kier alpha value is -2.64. The summed E-state index contributed by atoms with van der Waals surface area (Å²) in [7, 11) is 0. The molecule has 8 heteroatoms. The number of nitrogens with one attached hydrogen (secondary N) is 3. The molecular weight excluding hydrogens is 286 g/mol. The van der Waals surface area contributed by atoms with Crippen molar-refractivity contribution in [1.29, 1.82) is 0 Å². The van der Waals surface area contributed by atoms with E-state index in [4.69, 9.17) is 4.74 Å². The van der Waals surface area contributed by atoms with Crippen molar-refractivity contribution in [3.05, 3.63) is 18.3 Å². The fourth-order valence-electron chi connectivity index (χ4n) is 1.69. The Morgan fingerprint density at radius 1 is 1.32 bits per heavy atom. The molecule has 2 rings (SSSR count). The smallest absolute Gasteiger partial charge is 0.407 e. The van der Waals surface area contributed by atoms with E-state index in [0.717, 1.165) is 5.39 Å². The number of rotatable bonds is 4. The summed E-state index contributed by atoms with van der Waals surface area (Å²) in [6.07, 6.45) is 1.23. The fraction of sp³-hybridized carbons (Fsp3) is 0.429. The molecule has 0 radical (unpaired) electrons. The minimum absolute atomic E-state index is 0.127. The number of aromatic amines is 1. The topological polar surface area (TPSA) is 109 Å². The molecule has 2 heterocycles. The third-order valence-corrected chi connectivity index (χ3v) is 2.59. The number of ether oxygens (including phenoxy) is 1. The maximum atomic E-state index is 11.8. The van der Waals surface area contributed by atoms with E-state index in [9.17, 15) is 9.59 Å². The Balaban J connectivity index is 1.77. The van der Waals surface area contributed by atoms with Gasteiger partial charge in [-0.15, -0.1) is 0 Å². The third kappa shape index (κ3) is 4.72. The Bertz CT molecular complexity index is 674. The lowest BCUT2D eigenvalue weighted by Gasteiger charge is -2.19. The minimum atomic E-state index is -0.560. The van der Waals surface area contributed by atoms with Gasteiger partial charge in [-0.3, -0.25) is 9.89 Å². The molecule has 118 valence electrons. The fourth-order valence-corrected chi connectivity index (χ4v) is 1.69. The van der Waals surface area contributed by atoms with E-state index < -0.39 is 11.7 Å². The number of nitrogens with zero attached hydrogens (tertiary/aromatic N) is 2. The van der Waals surface area contributed by atoms with Crippen molar-refractivity contribution in [2.24, 2.45) is 0 Å². The average Bonchev–Trinajstić information content (AvgIpc) is 2.83. The van der Waals surface area contributed by atoms with Crippen molar-refractivity contribution >= 4 is 28.9 Å². The highest BCUT2D eigenvalue weighted by molar-refractivity contribution is 5.91. The third-order valence-electron chi connectivity index (χ3n) is 2.59. The van der Waals surface area contributed by atoms with Gasteiger partial charge >= 0.3 is 6.09 Å². The SMILES string of the molecule is CC(C)(C)OC(=O)NCCC(=O)Nc1ccc2cn[nH]c2n1. The van der Waals surface area contributed by atoms with E-state index in [-0.39, 0.29) is 18.9 Å². The lowest BCUT2D eigenvalue weighted by molar-refractivity contribution is -0.116. The number of alkyl carbamates (subject to hydrolysis) is 1. The second kappa shape index (κ2) is 6.42. The number of amides is 2. The van der Waals surface area contributed by atoms with Crippen LogP contribution in [0.3, 0.4) is 0 Å². The maximum absolute atomic E-state index is 11.8. The molecule has 0 spiro atoms. The zero-order valence-electron chi connectivity index (χ0n) is 12.8. The van der Waals surface area contributed by atoms with E-state index in [1.165, 1.54) is 0 Å². The number of pyridine rings is 1. The van der Waals surface area contributed by atoms with Crippen LogP contribution in [0.25, 0.3) is 11.0 Å². The molecule has 0 aromatic carbocycles. The largest absolute Gasteiger partial charge is 0.444 e. The van der Waals surface area contributed by atoms with Crippen molar-refractivity contribution in [2.75, 3.05) is 11.9 Å². The van der Waals surface area contributed by atoms with Gasteiger partial charge in [0, 0.05) is 18.4 Å². The summed E-state index contributed by atoms with van der Waals surface area (Å²) in [6, 6.07) is 3.50. The molecular formula is C14H19N5O3. The number of anilines is 1. The van der Waals surface area contributed by atoms with Gasteiger partial charge in [-0.25, -0.2) is 9.78 Å². The summed E-state index contributed by atoms with van der Waals surface area (Å²) in [5, 5.41) is 12.6. The van der Waals surface area contributed by atoms with E-state index in [1.54, 1.807) is 39.1 Å². The molecule has 0 saturated carbocycles. The predicted molar refractivity (Wildman–Crippen MR) is 81.4 cm³/mol. The first-order valence-corrected chi connectivity index (χ1v) is 6.90. The molecule has 8 nitrogen and oxygen atoms in total. The lowest BCUT2D eigenvalue weighted by atomic mass is 10.2. The first kappa shape index (κ1) is 15.7. The van der Waals surface area contributed by atoms with Crippen LogP contribution in [0.1, 0.15) is 27.2 Å². The molecule has 2 aromatic rings. The summed E-state index contributed by atoms with van der Waals surface area (Å²) in [5.74, 6) is 0.182. The summed E-state index contributed by atoms with van der Waals surface area (Å²) in [5.41, 5.74) is 0.0418. The van der Waals surface area contributed by atoms with Gasteiger partial charge in [0.25, 0.3) is 0 Å². The standard InChI is InChI=1S/C14H19N5O3/c1-14(2,3)22-13(21)15-7-6-11(20)17-10-5-4-9-8-16-19-12(9)18-10/h4-5,8H,6-7H2,1-3H3,(H,15,21)(H2,16,17,18,19,20). The Kier molecular flexibility index (Phi) is 4.59. The van der Waals surface area contributed by atoms with Crippen molar-refractivity contribution < 1.29 is 14.3 Å². The number of fused-ring (bicyclic) bond motifs is 1. The highest BCUT2D eigenvalue weighted by atomic mass is 16.6. The highest BCUT2D eigenvalue weighted by Gasteiger charge is 2.15. The molecule has 2 aromatic heterocycles. The molecule has 0 unspecified atom stereocenters. The normalized spacial score (nSPS) is 11.2. The van der Waals surface area contributed by atoms with E-state index in [0.29, 0.717) is 11.5 Å². The van der Waals surface area contributed by atoms with Gasteiger partial charge in [0.1, 0.15) is 11.4 Å². The van der Waals surface area contributed by atoms with Crippen LogP contribution in [0, 0.1) is 0 Å². The van der Waals surface area contributed by atoms with Gasteiger partial charge in [-0.05, 0) is 32.9 Å². The second-order valence-corrected chi connectivity index (χ2v) is 5.73. The molecule has 0 saturated heterocycles. The maximum Gasteiger partial charge on any atom is 0.407 e. The van der Waals surface area contributed by atoms with Crippen LogP contribution in [-0.2, 0) is 9.53 Å². The molecule has 0 atom stereocenters. The first-order chi connectivity index (χ1) is 10.3. The van der Waals surface area contributed by atoms with Crippen LogP contribution in [0.15, 0.2) is 18.3 Å². The molecule has 0 aliphatic heterocycles. The van der Waals surface area contributed by atoms with Crippen LogP contribution in [0.2, 0.25) is 0 Å². The van der Waals surface area contributed by atoms with Crippen LogP contribution in [-0.4, -0.2) is 39.3 Å². The zero-order valence-corrected chi connectivity index (χ0v) is 12.8. The molecule has 0 fully saturated rings. The molecule has 3 N–H and O–H groups in total.